The summed E-state index contributed by atoms with van der Waals surface area (Å²) < 4.78 is 26.8. The Morgan fingerprint density at radius 3 is 2.60 bits per heavy atom. The number of halogens is 2. The molecule has 0 unspecified atom stereocenters. The summed E-state index contributed by atoms with van der Waals surface area (Å²) in [6, 6.07) is 1.42. The first-order valence-electron chi connectivity index (χ1n) is 3.84. The molecule has 0 aliphatic rings. The van der Waals surface area contributed by atoms with Crippen molar-refractivity contribution >= 4 is 43.6 Å². The predicted molar refractivity (Wildman–Crippen MR) is 63.2 cm³/mol. The van der Waals surface area contributed by atoms with Gasteiger partial charge in [0.2, 0.25) is 0 Å². The summed E-state index contributed by atoms with van der Waals surface area (Å²) in [5.74, 6) is 0.178. The molecule has 8 heteroatoms. The van der Waals surface area contributed by atoms with Crippen LogP contribution >= 0.6 is 27.5 Å². The van der Waals surface area contributed by atoms with Gasteiger partial charge in [0, 0.05) is 26.4 Å². The minimum atomic E-state index is -3.53. The summed E-state index contributed by atoms with van der Waals surface area (Å²) in [6.45, 7) is 0. The molecule has 0 radical (unpaired) electrons. The van der Waals surface area contributed by atoms with Crippen LogP contribution in [-0.4, -0.2) is 31.8 Å². The molecule has 1 N–H and O–H groups in total. The zero-order valence-electron chi connectivity index (χ0n) is 8.03. The smallest absolute Gasteiger partial charge is 0.254 e. The molecular formula is C7H9BrClN3O2S. The monoisotopic (exact) mass is 313 g/mol. The van der Waals surface area contributed by atoms with Crippen molar-refractivity contribution in [1.82, 2.24) is 9.29 Å². The van der Waals surface area contributed by atoms with Crippen LogP contribution in [0.4, 0.5) is 5.82 Å². The van der Waals surface area contributed by atoms with E-state index in [1.165, 1.54) is 26.4 Å². The van der Waals surface area contributed by atoms with Gasteiger partial charge in [-0.3, -0.25) is 4.72 Å². The Hall–Kier alpha value is -0.370. The zero-order chi connectivity index (χ0) is 11.6. The van der Waals surface area contributed by atoms with Crippen molar-refractivity contribution in [2.75, 3.05) is 18.8 Å². The molecule has 0 saturated heterocycles. The Labute approximate surface area is 102 Å². The van der Waals surface area contributed by atoms with E-state index in [-0.39, 0.29) is 5.82 Å². The molecule has 0 aliphatic carbocycles. The topological polar surface area (TPSA) is 62.3 Å². The molecule has 0 bridgehead atoms. The van der Waals surface area contributed by atoms with Gasteiger partial charge in [-0.25, -0.2) is 4.98 Å². The summed E-state index contributed by atoms with van der Waals surface area (Å²) in [5, 5.41) is 0.390. The van der Waals surface area contributed by atoms with Crippen LogP contribution < -0.4 is 4.72 Å². The molecule has 0 spiro atoms. The molecule has 0 aromatic carbocycles. The van der Waals surface area contributed by atoms with Crippen molar-refractivity contribution in [3.8, 4) is 0 Å². The number of hydrogen-bond donors (Lipinski definition) is 1. The molecule has 0 fully saturated rings. The molecule has 5 nitrogen and oxygen atoms in total. The minimum absolute atomic E-state index is 0.178. The van der Waals surface area contributed by atoms with Crippen LogP contribution in [0.1, 0.15) is 0 Å². The Bertz CT molecular complexity index is 463. The maximum absolute atomic E-state index is 11.4. The van der Waals surface area contributed by atoms with Gasteiger partial charge in [-0.15, -0.1) is 0 Å². The molecule has 1 heterocycles. The highest BCUT2D eigenvalue weighted by Gasteiger charge is 2.14. The fourth-order valence-electron chi connectivity index (χ4n) is 0.693. The molecule has 1 aromatic rings. The van der Waals surface area contributed by atoms with Gasteiger partial charge in [-0.1, -0.05) is 11.6 Å². The Balaban J connectivity index is 2.96. The highest BCUT2D eigenvalue weighted by Crippen LogP contribution is 2.23. The average molecular weight is 315 g/mol. The predicted octanol–water partition coefficient (Wildman–Crippen LogP) is 1.72. The van der Waals surface area contributed by atoms with Crippen LogP contribution in [0.5, 0.6) is 0 Å². The molecule has 0 saturated carbocycles. The van der Waals surface area contributed by atoms with E-state index in [0.717, 1.165) is 4.31 Å². The maximum Gasteiger partial charge on any atom is 0.302 e. The lowest BCUT2D eigenvalue weighted by molar-refractivity contribution is 0.526. The van der Waals surface area contributed by atoms with Crippen LogP contribution in [0.3, 0.4) is 0 Å². The van der Waals surface area contributed by atoms with Crippen molar-refractivity contribution < 1.29 is 8.42 Å². The molecule has 15 heavy (non-hydrogen) atoms. The second-order valence-corrected chi connectivity index (χ2v) is 6.02. The van der Waals surface area contributed by atoms with E-state index in [0.29, 0.717) is 9.50 Å². The van der Waals surface area contributed by atoms with E-state index in [2.05, 4.69) is 25.6 Å². The summed E-state index contributed by atoms with van der Waals surface area (Å²) in [7, 11) is -0.695. The summed E-state index contributed by atoms with van der Waals surface area (Å²) in [6.07, 6.45) is 1.43. The molecule has 1 aromatic heterocycles. The van der Waals surface area contributed by atoms with Gasteiger partial charge in [-0.2, -0.15) is 12.7 Å². The first-order chi connectivity index (χ1) is 6.83. The third-order valence-corrected chi connectivity index (χ3v) is 4.12. The molecule has 0 atom stereocenters. The number of pyridine rings is 1. The summed E-state index contributed by atoms with van der Waals surface area (Å²) in [4.78, 5) is 3.86. The second kappa shape index (κ2) is 4.65. The van der Waals surface area contributed by atoms with Gasteiger partial charge in [0.25, 0.3) is 0 Å². The fourth-order valence-corrected chi connectivity index (χ4v) is 1.62. The normalized spacial score (nSPS) is 11.8. The highest BCUT2D eigenvalue weighted by molar-refractivity contribution is 9.10. The standard InChI is InChI=1S/C7H9BrClN3O2S/c1-12(2)15(13,14)11-7-3-6(9)5(8)4-10-7/h3-4H,1-2H3,(H,10,11). The first kappa shape index (κ1) is 12.7. The van der Waals surface area contributed by atoms with Gasteiger partial charge >= 0.3 is 10.2 Å². The highest BCUT2D eigenvalue weighted by atomic mass is 79.9. The van der Waals surface area contributed by atoms with Crippen LogP contribution in [0, 0.1) is 0 Å². The van der Waals surface area contributed by atoms with Crippen molar-refractivity contribution in [3.05, 3.63) is 21.8 Å². The molecule has 0 aliphatic heterocycles. The third kappa shape index (κ3) is 3.30. The number of aromatic nitrogens is 1. The van der Waals surface area contributed by atoms with E-state index in [9.17, 15) is 8.42 Å². The number of nitrogens with one attached hydrogen (secondary N) is 1. The largest absolute Gasteiger partial charge is 0.302 e. The lowest BCUT2D eigenvalue weighted by atomic mass is 10.5. The van der Waals surface area contributed by atoms with E-state index < -0.39 is 10.2 Å². The zero-order valence-corrected chi connectivity index (χ0v) is 11.2. The van der Waals surface area contributed by atoms with Crippen LogP contribution in [0.25, 0.3) is 0 Å². The van der Waals surface area contributed by atoms with Gasteiger partial charge < -0.3 is 0 Å². The van der Waals surface area contributed by atoms with Crippen molar-refractivity contribution in [3.63, 3.8) is 0 Å². The average Bonchev–Trinajstić information content (AvgIpc) is 2.10. The Morgan fingerprint density at radius 2 is 2.13 bits per heavy atom. The summed E-state index contributed by atoms with van der Waals surface area (Å²) >= 11 is 8.94. The van der Waals surface area contributed by atoms with Crippen LogP contribution in [0.2, 0.25) is 5.02 Å². The number of anilines is 1. The molecular weight excluding hydrogens is 306 g/mol. The van der Waals surface area contributed by atoms with Crippen LogP contribution in [-0.2, 0) is 10.2 Å². The number of rotatable bonds is 3. The van der Waals surface area contributed by atoms with E-state index >= 15 is 0 Å². The lowest BCUT2D eigenvalue weighted by Gasteiger charge is -2.12. The molecule has 0 amide bonds. The second-order valence-electron chi connectivity index (χ2n) is 2.87. The van der Waals surface area contributed by atoms with E-state index in [1.807, 2.05) is 0 Å². The minimum Gasteiger partial charge on any atom is -0.254 e. The fraction of sp³-hybridized carbons (Fsp3) is 0.286. The number of hydrogen-bond acceptors (Lipinski definition) is 3. The number of nitrogens with zero attached hydrogens (tertiary/aromatic N) is 2. The maximum atomic E-state index is 11.4. The van der Waals surface area contributed by atoms with Crippen molar-refractivity contribution in [2.24, 2.45) is 0 Å². The van der Waals surface area contributed by atoms with Gasteiger partial charge in [0.15, 0.2) is 0 Å². The van der Waals surface area contributed by atoms with E-state index in [1.54, 1.807) is 0 Å². The lowest BCUT2D eigenvalue weighted by Crippen LogP contribution is -2.29. The Kier molecular flexibility index (Phi) is 3.93. The van der Waals surface area contributed by atoms with Gasteiger partial charge in [0.05, 0.1) is 9.50 Å². The third-order valence-electron chi connectivity index (χ3n) is 1.52. The van der Waals surface area contributed by atoms with Crippen molar-refractivity contribution in [2.45, 2.75) is 0 Å². The SMILES string of the molecule is CN(C)S(=O)(=O)Nc1cc(Cl)c(Br)cn1. The molecule has 1 rings (SSSR count). The van der Waals surface area contributed by atoms with Gasteiger partial charge in [0.1, 0.15) is 5.82 Å². The molecule has 84 valence electrons. The Morgan fingerprint density at radius 1 is 1.53 bits per heavy atom. The quantitative estimate of drug-likeness (QED) is 0.924. The van der Waals surface area contributed by atoms with E-state index in [4.69, 9.17) is 11.6 Å². The summed E-state index contributed by atoms with van der Waals surface area (Å²) in [5.41, 5.74) is 0. The van der Waals surface area contributed by atoms with Crippen LogP contribution in [0.15, 0.2) is 16.7 Å². The van der Waals surface area contributed by atoms with Gasteiger partial charge in [-0.05, 0) is 15.9 Å². The van der Waals surface area contributed by atoms with Crippen molar-refractivity contribution in [1.29, 1.82) is 0 Å². The first-order valence-corrected chi connectivity index (χ1v) is 6.45.